The third kappa shape index (κ3) is 5.56. The summed E-state index contributed by atoms with van der Waals surface area (Å²) >= 11 is 6.81. The minimum atomic E-state index is -0.264. The quantitative estimate of drug-likeness (QED) is 0.157. The summed E-state index contributed by atoms with van der Waals surface area (Å²) in [7, 11) is 2.09. The van der Waals surface area contributed by atoms with E-state index in [1.807, 2.05) is 37.3 Å². The van der Waals surface area contributed by atoms with Crippen LogP contribution in [-0.4, -0.2) is 31.4 Å². The minimum absolute atomic E-state index is 0.264. The normalized spacial score (nSPS) is 14.5. The molecule has 198 valence electrons. The van der Waals surface area contributed by atoms with Crippen LogP contribution in [0.3, 0.4) is 0 Å². The van der Waals surface area contributed by atoms with Crippen molar-refractivity contribution < 1.29 is 13.9 Å². The third-order valence-corrected chi connectivity index (χ3v) is 7.85. The molecule has 0 saturated heterocycles. The van der Waals surface area contributed by atoms with E-state index in [1.54, 1.807) is 6.07 Å². The highest BCUT2D eigenvalue weighted by Crippen LogP contribution is 2.40. The van der Waals surface area contributed by atoms with Crippen LogP contribution < -0.4 is 4.74 Å². The molecule has 0 radical (unpaired) electrons. The summed E-state index contributed by atoms with van der Waals surface area (Å²) in [5.74, 6) is 0.467. The van der Waals surface area contributed by atoms with Gasteiger partial charge >= 0.3 is 0 Å². The number of carbonyl (C=O) groups excluding carboxylic acids is 1. The molecule has 0 spiro atoms. The second-order valence-electron chi connectivity index (χ2n) is 9.87. The number of benzene rings is 3. The Morgan fingerprint density at radius 1 is 1.13 bits per heavy atom. The average molecular weight is 532 g/mol. The predicted molar refractivity (Wildman–Crippen MR) is 157 cm³/mol. The van der Waals surface area contributed by atoms with Crippen molar-refractivity contribution in [3.63, 3.8) is 0 Å². The molecular formula is C33H35ClFNO2. The Kier molecular flexibility index (Phi) is 8.73. The SMILES string of the molecule is CC/C(C=O)=C(/CCCOc1cccc2cc(F)ccc12)c1ccc(Cl)c(C2=C(C)N(C)CC=C2C)c1C. The first kappa shape index (κ1) is 27.7. The van der Waals surface area contributed by atoms with Gasteiger partial charge in [-0.2, -0.15) is 0 Å². The largest absolute Gasteiger partial charge is 0.493 e. The molecule has 3 nitrogen and oxygen atoms in total. The van der Waals surface area contributed by atoms with Crippen molar-refractivity contribution in [1.29, 1.82) is 0 Å². The van der Waals surface area contributed by atoms with Gasteiger partial charge in [0.15, 0.2) is 0 Å². The number of aldehydes is 1. The second-order valence-corrected chi connectivity index (χ2v) is 10.3. The van der Waals surface area contributed by atoms with Crippen molar-refractivity contribution in [2.45, 2.75) is 47.0 Å². The first-order valence-electron chi connectivity index (χ1n) is 13.1. The maximum Gasteiger partial charge on any atom is 0.146 e. The zero-order valence-electron chi connectivity index (χ0n) is 22.8. The van der Waals surface area contributed by atoms with Crippen molar-refractivity contribution in [3.05, 3.63) is 99.0 Å². The molecule has 0 fully saturated rings. The van der Waals surface area contributed by atoms with Gasteiger partial charge < -0.3 is 9.64 Å². The number of ether oxygens (including phenoxy) is 1. The molecule has 0 aromatic heterocycles. The Hall–Kier alpha value is -3.37. The molecule has 1 aliphatic heterocycles. The van der Waals surface area contributed by atoms with Crippen molar-refractivity contribution in [1.82, 2.24) is 4.90 Å². The lowest BCUT2D eigenvalue weighted by Crippen LogP contribution is -2.21. The number of fused-ring (bicyclic) bond motifs is 1. The molecule has 0 bridgehead atoms. The molecule has 0 aliphatic carbocycles. The zero-order chi connectivity index (χ0) is 27.4. The third-order valence-electron chi connectivity index (χ3n) is 7.53. The van der Waals surface area contributed by atoms with Crippen molar-refractivity contribution in [2.24, 2.45) is 0 Å². The summed E-state index contributed by atoms with van der Waals surface area (Å²) in [6.45, 7) is 9.73. The minimum Gasteiger partial charge on any atom is -0.493 e. The second kappa shape index (κ2) is 12.0. The Bertz CT molecular complexity index is 1470. The summed E-state index contributed by atoms with van der Waals surface area (Å²) in [6.07, 6.45) is 5.27. The Morgan fingerprint density at radius 3 is 2.66 bits per heavy atom. The molecule has 4 rings (SSSR count). The standard InChI is InChI=1S/C33H35ClFNO2/c1-6-24(20-37)28(10-8-18-38-31-11-7-9-25-19-26(35)12-13-29(25)31)27-14-15-30(34)33(22(27)3)32-21(2)16-17-36(5)23(32)4/h7,9,11-16,19-20H,6,8,10,17-18H2,1-5H3/b28-24+. The van der Waals surface area contributed by atoms with Crippen LogP contribution in [0.15, 0.2) is 71.5 Å². The van der Waals surface area contributed by atoms with Crippen molar-refractivity contribution in [3.8, 4) is 5.75 Å². The van der Waals surface area contributed by atoms with E-state index in [0.717, 1.165) is 69.2 Å². The predicted octanol–water partition coefficient (Wildman–Crippen LogP) is 8.79. The number of hydrogen-bond acceptors (Lipinski definition) is 3. The highest BCUT2D eigenvalue weighted by atomic mass is 35.5. The van der Waals surface area contributed by atoms with Gasteiger partial charge in [-0.15, -0.1) is 0 Å². The van der Waals surface area contributed by atoms with Crippen LogP contribution in [0.1, 0.15) is 56.7 Å². The van der Waals surface area contributed by atoms with Crippen LogP contribution in [0.5, 0.6) is 5.75 Å². The average Bonchev–Trinajstić information content (AvgIpc) is 2.90. The maximum absolute atomic E-state index is 13.6. The number of halogens is 2. The van der Waals surface area contributed by atoms with E-state index in [2.05, 4.69) is 38.8 Å². The number of likely N-dealkylation sites (N-methyl/N-ethyl adjacent to an activating group) is 1. The van der Waals surface area contributed by atoms with E-state index >= 15 is 0 Å². The molecule has 0 amide bonds. The van der Waals surface area contributed by atoms with E-state index in [4.69, 9.17) is 16.3 Å². The van der Waals surface area contributed by atoms with Gasteiger partial charge in [0.05, 0.1) is 6.61 Å². The number of allylic oxidation sites excluding steroid dienone is 5. The van der Waals surface area contributed by atoms with Crippen LogP contribution in [-0.2, 0) is 4.79 Å². The molecule has 1 heterocycles. The summed E-state index contributed by atoms with van der Waals surface area (Å²) in [6, 6.07) is 14.4. The lowest BCUT2D eigenvalue weighted by Gasteiger charge is -2.29. The molecule has 0 N–H and O–H groups in total. The highest BCUT2D eigenvalue weighted by Gasteiger charge is 2.22. The van der Waals surface area contributed by atoms with E-state index in [0.29, 0.717) is 24.5 Å². The van der Waals surface area contributed by atoms with Gasteiger partial charge in [0.25, 0.3) is 0 Å². The first-order chi connectivity index (χ1) is 18.3. The molecule has 3 aromatic carbocycles. The lowest BCUT2D eigenvalue weighted by molar-refractivity contribution is -0.105. The van der Waals surface area contributed by atoms with Gasteiger partial charge in [-0.3, -0.25) is 4.79 Å². The molecule has 38 heavy (non-hydrogen) atoms. The van der Waals surface area contributed by atoms with Crippen LogP contribution in [0, 0.1) is 12.7 Å². The fourth-order valence-electron chi connectivity index (χ4n) is 5.30. The molecule has 5 heteroatoms. The summed E-state index contributed by atoms with van der Waals surface area (Å²) in [5, 5.41) is 2.40. The fraction of sp³-hybridized carbons (Fsp3) is 0.303. The maximum atomic E-state index is 13.6. The van der Waals surface area contributed by atoms with E-state index in [-0.39, 0.29) is 5.82 Å². The Morgan fingerprint density at radius 2 is 1.92 bits per heavy atom. The number of nitrogens with zero attached hydrogens (tertiary/aromatic N) is 1. The topological polar surface area (TPSA) is 29.5 Å². The number of rotatable bonds is 9. The Labute approximate surface area is 230 Å². The van der Waals surface area contributed by atoms with Gasteiger partial charge in [-0.05, 0) is 104 Å². The van der Waals surface area contributed by atoms with Gasteiger partial charge in [0.1, 0.15) is 17.9 Å². The Balaban J connectivity index is 1.63. The first-order valence-corrected chi connectivity index (χ1v) is 13.5. The van der Waals surface area contributed by atoms with Crippen LogP contribution in [0.4, 0.5) is 4.39 Å². The molecule has 1 aliphatic rings. The number of carbonyl (C=O) groups is 1. The van der Waals surface area contributed by atoms with E-state index < -0.39 is 0 Å². The molecule has 0 saturated carbocycles. The fourth-order valence-corrected chi connectivity index (χ4v) is 5.60. The summed E-state index contributed by atoms with van der Waals surface area (Å²) in [4.78, 5) is 14.3. The van der Waals surface area contributed by atoms with Gasteiger partial charge in [-0.1, -0.05) is 42.8 Å². The van der Waals surface area contributed by atoms with E-state index in [9.17, 15) is 9.18 Å². The van der Waals surface area contributed by atoms with Gasteiger partial charge in [0, 0.05) is 40.8 Å². The van der Waals surface area contributed by atoms with Crippen molar-refractivity contribution in [2.75, 3.05) is 20.2 Å². The number of hydrogen-bond donors (Lipinski definition) is 0. The van der Waals surface area contributed by atoms with Crippen LogP contribution >= 0.6 is 11.6 Å². The summed E-state index contributed by atoms with van der Waals surface area (Å²) in [5.41, 5.74) is 8.54. The zero-order valence-corrected chi connectivity index (χ0v) is 23.6. The van der Waals surface area contributed by atoms with Gasteiger partial charge in [0.2, 0.25) is 0 Å². The monoisotopic (exact) mass is 531 g/mol. The van der Waals surface area contributed by atoms with E-state index in [1.165, 1.54) is 23.4 Å². The highest BCUT2D eigenvalue weighted by molar-refractivity contribution is 6.33. The lowest BCUT2D eigenvalue weighted by atomic mass is 9.85. The molecule has 3 aromatic rings. The molecular weight excluding hydrogens is 497 g/mol. The van der Waals surface area contributed by atoms with Gasteiger partial charge in [-0.25, -0.2) is 4.39 Å². The molecule has 0 atom stereocenters. The van der Waals surface area contributed by atoms with Crippen LogP contribution in [0.2, 0.25) is 5.02 Å². The van der Waals surface area contributed by atoms with Crippen molar-refractivity contribution >= 4 is 39.8 Å². The summed E-state index contributed by atoms with van der Waals surface area (Å²) < 4.78 is 19.8. The molecule has 0 unspecified atom stereocenters. The van der Waals surface area contributed by atoms with Crippen LogP contribution in [0.25, 0.3) is 21.9 Å². The smallest absolute Gasteiger partial charge is 0.146 e.